The summed E-state index contributed by atoms with van der Waals surface area (Å²) in [6, 6.07) is 4.00. The van der Waals surface area contributed by atoms with Crippen molar-refractivity contribution in [1.82, 2.24) is 5.32 Å². The van der Waals surface area contributed by atoms with Gasteiger partial charge in [-0.3, -0.25) is 4.79 Å². The molecule has 0 aliphatic heterocycles. The van der Waals surface area contributed by atoms with Gasteiger partial charge in [-0.15, -0.1) is 0 Å². The van der Waals surface area contributed by atoms with Crippen LogP contribution in [0.5, 0.6) is 11.5 Å². The second-order valence-corrected chi connectivity index (χ2v) is 4.71. The fourth-order valence-electron chi connectivity index (χ4n) is 1.51. The van der Waals surface area contributed by atoms with Crippen LogP contribution in [0.25, 0.3) is 0 Å². The molecule has 0 radical (unpaired) electrons. The van der Waals surface area contributed by atoms with Gasteiger partial charge in [0.1, 0.15) is 0 Å². The standard InChI is InChI=1S/C13H13NO3S/c1-8-6-18-7-10(8)5-14-13(17)9-2-3-11(15)12(16)4-9/h2-4,6-7,15-16H,5H2,1H3,(H,14,17). The number of hydrogen-bond acceptors (Lipinski definition) is 4. The van der Waals surface area contributed by atoms with Gasteiger partial charge in [0, 0.05) is 12.1 Å². The molecule has 1 heterocycles. The van der Waals surface area contributed by atoms with Gasteiger partial charge in [0.15, 0.2) is 11.5 Å². The van der Waals surface area contributed by atoms with E-state index in [9.17, 15) is 9.90 Å². The summed E-state index contributed by atoms with van der Waals surface area (Å²) in [5.41, 5.74) is 2.54. The Bertz CT molecular complexity index is 577. The Morgan fingerprint density at radius 3 is 2.67 bits per heavy atom. The lowest BCUT2D eigenvalue weighted by molar-refractivity contribution is 0.0950. The first-order valence-corrected chi connectivity index (χ1v) is 6.34. The maximum Gasteiger partial charge on any atom is 0.251 e. The highest BCUT2D eigenvalue weighted by Crippen LogP contribution is 2.24. The minimum absolute atomic E-state index is 0.236. The molecule has 1 aromatic heterocycles. The lowest BCUT2D eigenvalue weighted by Gasteiger charge is -2.06. The molecular formula is C13H13NO3S. The highest BCUT2D eigenvalue weighted by molar-refractivity contribution is 7.08. The number of thiophene rings is 1. The van der Waals surface area contributed by atoms with Crippen molar-refractivity contribution in [2.45, 2.75) is 13.5 Å². The predicted octanol–water partition coefficient (Wildman–Crippen LogP) is 2.40. The third kappa shape index (κ3) is 2.62. The number of rotatable bonds is 3. The molecule has 0 atom stereocenters. The highest BCUT2D eigenvalue weighted by atomic mass is 32.1. The van der Waals surface area contributed by atoms with Crippen LogP contribution in [0.2, 0.25) is 0 Å². The van der Waals surface area contributed by atoms with Crippen molar-refractivity contribution in [2.24, 2.45) is 0 Å². The quantitative estimate of drug-likeness (QED) is 0.745. The molecule has 94 valence electrons. The predicted molar refractivity (Wildman–Crippen MR) is 70.0 cm³/mol. The minimum atomic E-state index is -0.297. The zero-order chi connectivity index (χ0) is 13.1. The fraction of sp³-hybridized carbons (Fsp3) is 0.154. The van der Waals surface area contributed by atoms with Crippen molar-refractivity contribution in [1.29, 1.82) is 0 Å². The first-order chi connectivity index (χ1) is 8.58. The van der Waals surface area contributed by atoms with Crippen molar-refractivity contribution < 1.29 is 15.0 Å². The molecule has 0 fully saturated rings. The van der Waals surface area contributed by atoms with Crippen LogP contribution in [-0.4, -0.2) is 16.1 Å². The van der Waals surface area contributed by atoms with Crippen molar-refractivity contribution >= 4 is 17.2 Å². The molecule has 3 N–H and O–H groups in total. The summed E-state index contributed by atoms with van der Waals surface area (Å²) in [6.45, 7) is 2.44. The molecule has 1 amide bonds. The smallest absolute Gasteiger partial charge is 0.251 e. The Morgan fingerprint density at radius 1 is 1.28 bits per heavy atom. The van der Waals surface area contributed by atoms with Crippen LogP contribution in [0.3, 0.4) is 0 Å². The molecule has 0 saturated heterocycles. The van der Waals surface area contributed by atoms with E-state index in [1.807, 2.05) is 17.7 Å². The number of benzene rings is 1. The summed E-state index contributed by atoms with van der Waals surface area (Å²) in [5, 5.41) is 25.3. The van der Waals surface area contributed by atoms with Crippen LogP contribution in [0, 0.1) is 6.92 Å². The summed E-state index contributed by atoms with van der Waals surface area (Å²) >= 11 is 1.59. The first-order valence-electron chi connectivity index (χ1n) is 5.40. The number of aryl methyl sites for hydroxylation is 1. The van der Waals surface area contributed by atoms with Crippen molar-refractivity contribution in [2.75, 3.05) is 0 Å². The number of carbonyl (C=O) groups excluding carboxylic acids is 1. The molecule has 18 heavy (non-hydrogen) atoms. The maximum atomic E-state index is 11.8. The molecule has 2 rings (SSSR count). The van der Waals surface area contributed by atoms with Crippen LogP contribution >= 0.6 is 11.3 Å². The van der Waals surface area contributed by atoms with Gasteiger partial charge in [0.2, 0.25) is 0 Å². The minimum Gasteiger partial charge on any atom is -0.504 e. The van der Waals surface area contributed by atoms with E-state index in [0.29, 0.717) is 12.1 Å². The SMILES string of the molecule is Cc1cscc1CNC(=O)c1ccc(O)c(O)c1. The van der Waals surface area contributed by atoms with Gasteiger partial charge in [0.25, 0.3) is 5.91 Å². The number of amides is 1. The normalized spacial score (nSPS) is 10.3. The van der Waals surface area contributed by atoms with Crippen LogP contribution in [0.15, 0.2) is 29.0 Å². The number of aromatic hydroxyl groups is 2. The molecule has 0 unspecified atom stereocenters. The maximum absolute atomic E-state index is 11.8. The van der Waals surface area contributed by atoms with E-state index in [1.165, 1.54) is 18.2 Å². The molecule has 1 aromatic carbocycles. The number of nitrogens with one attached hydrogen (secondary N) is 1. The van der Waals surface area contributed by atoms with E-state index in [-0.39, 0.29) is 17.4 Å². The lowest BCUT2D eigenvalue weighted by Crippen LogP contribution is -2.22. The van der Waals surface area contributed by atoms with Gasteiger partial charge >= 0.3 is 0 Å². The van der Waals surface area contributed by atoms with Crippen LogP contribution in [-0.2, 0) is 6.54 Å². The van der Waals surface area contributed by atoms with Gasteiger partial charge in [0.05, 0.1) is 0 Å². The summed E-state index contributed by atoms with van der Waals surface area (Å²) < 4.78 is 0. The van der Waals surface area contributed by atoms with Crippen LogP contribution in [0.4, 0.5) is 0 Å². The summed E-state index contributed by atoms with van der Waals surface area (Å²) in [6.07, 6.45) is 0. The number of phenols is 2. The lowest BCUT2D eigenvalue weighted by atomic mass is 10.1. The van der Waals surface area contributed by atoms with Crippen molar-refractivity contribution in [3.8, 4) is 11.5 Å². The van der Waals surface area contributed by atoms with E-state index in [1.54, 1.807) is 11.3 Å². The second kappa shape index (κ2) is 5.10. The van der Waals surface area contributed by atoms with E-state index < -0.39 is 0 Å². The monoisotopic (exact) mass is 263 g/mol. The molecule has 0 aliphatic rings. The average molecular weight is 263 g/mol. The van der Waals surface area contributed by atoms with E-state index in [4.69, 9.17) is 5.11 Å². The van der Waals surface area contributed by atoms with Gasteiger partial charge in [-0.25, -0.2) is 0 Å². The molecule has 0 spiro atoms. The van der Waals surface area contributed by atoms with E-state index in [0.717, 1.165) is 11.1 Å². The number of hydrogen-bond donors (Lipinski definition) is 3. The Hall–Kier alpha value is -2.01. The average Bonchev–Trinajstić information content (AvgIpc) is 2.75. The highest BCUT2D eigenvalue weighted by Gasteiger charge is 2.09. The Labute approximate surface area is 109 Å². The van der Waals surface area contributed by atoms with Crippen molar-refractivity contribution in [3.05, 3.63) is 45.6 Å². The number of phenolic OH excluding ortho intramolecular Hbond substituents is 2. The molecule has 5 heteroatoms. The topological polar surface area (TPSA) is 69.6 Å². The van der Waals surface area contributed by atoms with Gasteiger partial charge < -0.3 is 15.5 Å². The first kappa shape index (κ1) is 12.4. The Morgan fingerprint density at radius 2 is 2.06 bits per heavy atom. The Kier molecular flexibility index (Phi) is 3.53. The molecule has 2 aromatic rings. The fourth-order valence-corrected chi connectivity index (χ4v) is 2.37. The molecule has 0 bridgehead atoms. The molecule has 0 saturated carbocycles. The Balaban J connectivity index is 2.04. The van der Waals surface area contributed by atoms with Gasteiger partial charge in [-0.2, -0.15) is 11.3 Å². The molecule has 4 nitrogen and oxygen atoms in total. The van der Waals surface area contributed by atoms with E-state index >= 15 is 0 Å². The zero-order valence-electron chi connectivity index (χ0n) is 9.80. The van der Waals surface area contributed by atoms with Gasteiger partial charge in [-0.05, 0) is 47.0 Å². The molecule has 0 aliphatic carbocycles. The van der Waals surface area contributed by atoms with Crippen LogP contribution in [0.1, 0.15) is 21.5 Å². The third-order valence-electron chi connectivity index (χ3n) is 2.64. The molecular weight excluding hydrogens is 250 g/mol. The number of carbonyl (C=O) groups is 1. The second-order valence-electron chi connectivity index (χ2n) is 3.97. The summed E-state index contributed by atoms with van der Waals surface area (Å²) in [7, 11) is 0. The van der Waals surface area contributed by atoms with Crippen LogP contribution < -0.4 is 5.32 Å². The van der Waals surface area contributed by atoms with E-state index in [2.05, 4.69) is 5.32 Å². The zero-order valence-corrected chi connectivity index (χ0v) is 10.6. The summed E-state index contributed by atoms with van der Waals surface area (Å²) in [4.78, 5) is 11.8. The van der Waals surface area contributed by atoms with Gasteiger partial charge in [-0.1, -0.05) is 0 Å². The summed E-state index contributed by atoms with van der Waals surface area (Å²) in [5.74, 6) is -0.814. The third-order valence-corrected chi connectivity index (χ3v) is 3.55. The largest absolute Gasteiger partial charge is 0.504 e. The van der Waals surface area contributed by atoms with Crippen molar-refractivity contribution in [3.63, 3.8) is 0 Å².